The van der Waals surface area contributed by atoms with Crippen LogP contribution in [0.2, 0.25) is 52.9 Å². The van der Waals surface area contributed by atoms with E-state index >= 15 is 0 Å². The molecular formula is C35H54SSi3. The van der Waals surface area contributed by atoms with Crippen LogP contribution in [0.5, 0.6) is 0 Å². The Balaban J connectivity index is 4.23. The van der Waals surface area contributed by atoms with Gasteiger partial charge < -0.3 is 0 Å². The minimum Gasteiger partial charge on any atom is -0.135 e. The maximum atomic E-state index is 3.93. The van der Waals surface area contributed by atoms with E-state index in [1.165, 1.54) is 0 Å². The fourth-order valence-electron chi connectivity index (χ4n) is 6.24. The number of hydrogen-bond donors (Lipinski definition) is 0. The summed E-state index contributed by atoms with van der Waals surface area (Å²) >= 11 is 1.67. The van der Waals surface area contributed by atoms with Gasteiger partial charge in [0.05, 0.1) is 16.0 Å². The molecule has 4 heteroatoms. The molecule has 212 valence electrons. The van der Waals surface area contributed by atoms with E-state index in [9.17, 15) is 0 Å². The molecule has 0 bridgehead atoms. The van der Waals surface area contributed by atoms with Gasteiger partial charge in [-0.1, -0.05) is 127 Å². The van der Waals surface area contributed by atoms with Crippen LogP contribution in [0.3, 0.4) is 0 Å². The van der Waals surface area contributed by atoms with Gasteiger partial charge in [-0.05, 0) is 56.5 Å². The number of rotatable bonds is 6. The molecule has 0 radical (unpaired) electrons. The van der Waals surface area contributed by atoms with E-state index in [1.807, 2.05) is 0 Å². The minimum atomic E-state index is -1.94. The molecular weight excluding hydrogens is 537 g/mol. The molecule has 0 saturated carbocycles. The van der Waals surface area contributed by atoms with E-state index in [1.54, 1.807) is 11.3 Å². The second-order valence-electron chi connectivity index (χ2n) is 13.8. The Morgan fingerprint density at radius 2 is 0.923 bits per heavy atom. The molecule has 0 amide bonds. The third-order valence-electron chi connectivity index (χ3n) is 8.18. The lowest BCUT2D eigenvalue weighted by Crippen LogP contribution is -2.43. The van der Waals surface area contributed by atoms with Crippen LogP contribution in [0.15, 0.2) is 28.7 Å². The molecule has 0 atom stereocenters. The molecule has 0 nitrogen and oxygen atoms in total. The summed E-state index contributed by atoms with van der Waals surface area (Å²) in [5, 5.41) is 2.08. The normalized spacial score (nSPS) is 12.9. The van der Waals surface area contributed by atoms with Crippen molar-refractivity contribution in [2.75, 3.05) is 0 Å². The topological polar surface area (TPSA) is 0 Å². The number of allylic oxidation sites excluding steroid dienone is 2. The SMILES string of the molecule is CC(C)[Si](C#C/C(C#Cc1cccs1)=C(\C#C[Si](C)(C)C)C#C[Si](C(C)C)(C(C)C)C(C)C)(C(C)C)C(C)C. The van der Waals surface area contributed by atoms with Gasteiger partial charge in [0.2, 0.25) is 0 Å². The summed E-state index contributed by atoms with van der Waals surface area (Å²) in [5.74, 6) is 17.8. The monoisotopic (exact) mass is 590 g/mol. The lowest BCUT2D eigenvalue weighted by Gasteiger charge is -2.38. The predicted octanol–water partition coefficient (Wildman–Crippen LogP) is 10.7. The highest BCUT2D eigenvalue weighted by molar-refractivity contribution is 7.10. The molecule has 0 aliphatic heterocycles. The minimum absolute atomic E-state index is 0.557. The van der Waals surface area contributed by atoms with E-state index in [0.717, 1.165) is 16.0 Å². The Labute approximate surface area is 250 Å². The Kier molecular flexibility index (Phi) is 13.4. The molecule has 0 aromatic carbocycles. The first-order chi connectivity index (χ1) is 17.9. The van der Waals surface area contributed by atoms with Crippen LogP contribution >= 0.6 is 11.3 Å². The van der Waals surface area contributed by atoms with Gasteiger partial charge in [0, 0.05) is 0 Å². The van der Waals surface area contributed by atoms with Gasteiger partial charge in [-0.3, -0.25) is 0 Å². The Bertz CT molecular complexity index is 1180. The standard InChI is InChI=1S/C35H54SSi3/c1-27(2)38(28(3)4,29(5)6)25-21-33(18-19-35-17-16-23-36-35)34(20-24-37(13,14)15)22-26-39(30(7)8,31(9)10)32(11)12/h16-17,23,27-32H,1-15H3/b34-33+. The Morgan fingerprint density at radius 3 is 1.23 bits per heavy atom. The summed E-state index contributed by atoms with van der Waals surface area (Å²) in [6.07, 6.45) is 0. The molecule has 1 heterocycles. The van der Waals surface area contributed by atoms with Crippen LogP contribution in [-0.2, 0) is 0 Å². The first-order valence-corrected chi connectivity index (χ1v) is 23.6. The van der Waals surface area contributed by atoms with Gasteiger partial charge >= 0.3 is 0 Å². The van der Waals surface area contributed by atoms with Crippen molar-refractivity contribution in [3.05, 3.63) is 33.5 Å². The fraction of sp³-hybridized carbons (Fsp3) is 0.600. The molecule has 0 fully saturated rings. The average Bonchev–Trinajstić information content (AvgIpc) is 3.30. The van der Waals surface area contributed by atoms with Crippen molar-refractivity contribution in [1.29, 1.82) is 0 Å². The zero-order chi connectivity index (χ0) is 30.2. The molecule has 0 unspecified atom stereocenters. The van der Waals surface area contributed by atoms with Crippen molar-refractivity contribution in [2.24, 2.45) is 0 Å². The third-order valence-corrected chi connectivity index (χ3v) is 22.4. The van der Waals surface area contributed by atoms with Crippen molar-refractivity contribution in [3.63, 3.8) is 0 Å². The summed E-state index contributed by atoms with van der Waals surface area (Å²) in [6, 6.07) is 4.13. The van der Waals surface area contributed by atoms with Gasteiger partial charge in [0.15, 0.2) is 0 Å². The highest BCUT2D eigenvalue weighted by atomic mass is 32.1. The maximum Gasteiger partial charge on any atom is 0.146 e. The molecule has 39 heavy (non-hydrogen) atoms. The van der Waals surface area contributed by atoms with Crippen molar-refractivity contribution in [1.82, 2.24) is 0 Å². The molecule has 0 saturated heterocycles. The maximum absolute atomic E-state index is 3.93. The molecule has 1 rings (SSSR count). The highest BCUT2D eigenvalue weighted by Crippen LogP contribution is 2.42. The summed E-state index contributed by atoms with van der Waals surface area (Å²) in [4.78, 5) is 1.05. The fourth-order valence-corrected chi connectivity index (χ4v) is 17.7. The summed E-state index contributed by atoms with van der Waals surface area (Å²) in [7, 11) is -5.51. The van der Waals surface area contributed by atoms with Crippen molar-refractivity contribution >= 4 is 35.6 Å². The summed E-state index contributed by atoms with van der Waals surface area (Å²) in [5.41, 5.74) is 16.5. The van der Waals surface area contributed by atoms with Gasteiger partial charge in [-0.25, -0.2) is 0 Å². The van der Waals surface area contributed by atoms with Crippen LogP contribution in [0.4, 0.5) is 0 Å². The second kappa shape index (κ2) is 14.8. The van der Waals surface area contributed by atoms with Gasteiger partial charge in [0.25, 0.3) is 0 Å². The quantitative estimate of drug-likeness (QED) is 0.228. The predicted molar refractivity (Wildman–Crippen MR) is 187 cm³/mol. The van der Waals surface area contributed by atoms with Crippen LogP contribution in [0, 0.1) is 46.2 Å². The molecule has 1 aromatic rings. The van der Waals surface area contributed by atoms with E-state index in [0.29, 0.717) is 33.2 Å². The first-order valence-electron chi connectivity index (χ1n) is 14.8. The summed E-state index contributed by atoms with van der Waals surface area (Å²) < 4.78 is 0. The largest absolute Gasteiger partial charge is 0.146 e. The highest BCUT2D eigenvalue weighted by Gasteiger charge is 2.42. The third kappa shape index (κ3) is 9.17. The van der Waals surface area contributed by atoms with Gasteiger partial charge in [-0.15, -0.1) is 28.0 Å². The number of hydrogen-bond acceptors (Lipinski definition) is 1. The lowest BCUT2D eigenvalue weighted by molar-refractivity contribution is 0.838. The van der Waals surface area contributed by atoms with E-state index in [-0.39, 0.29) is 0 Å². The second-order valence-corrected chi connectivity index (χ2v) is 30.6. The zero-order valence-corrected chi connectivity index (χ0v) is 31.4. The summed E-state index contributed by atoms with van der Waals surface area (Å²) in [6.45, 7) is 35.2. The molecule has 0 aliphatic carbocycles. The first kappa shape index (κ1) is 35.4. The van der Waals surface area contributed by atoms with E-state index < -0.39 is 24.2 Å². The average molecular weight is 591 g/mol. The van der Waals surface area contributed by atoms with Gasteiger partial charge in [-0.2, -0.15) is 0 Å². The van der Waals surface area contributed by atoms with Crippen LogP contribution in [-0.4, -0.2) is 24.2 Å². The molecule has 1 aromatic heterocycles. The Morgan fingerprint density at radius 1 is 0.564 bits per heavy atom. The van der Waals surface area contributed by atoms with E-state index in [2.05, 4.69) is 166 Å². The molecule has 0 aliphatic rings. The van der Waals surface area contributed by atoms with E-state index in [4.69, 9.17) is 0 Å². The Hall–Kier alpha value is -1.67. The zero-order valence-electron chi connectivity index (χ0n) is 27.6. The molecule has 0 N–H and O–H groups in total. The number of thiophene rings is 1. The van der Waals surface area contributed by atoms with Crippen molar-refractivity contribution in [2.45, 2.75) is 136 Å². The van der Waals surface area contributed by atoms with Crippen LogP contribution in [0.25, 0.3) is 0 Å². The van der Waals surface area contributed by atoms with Crippen molar-refractivity contribution < 1.29 is 0 Å². The van der Waals surface area contributed by atoms with Crippen LogP contribution < -0.4 is 0 Å². The van der Waals surface area contributed by atoms with Crippen molar-refractivity contribution in [3.8, 4) is 46.2 Å². The van der Waals surface area contributed by atoms with Crippen LogP contribution in [0.1, 0.15) is 88.0 Å². The molecule has 0 spiro atoms. The lowest BCUT2D eigenvalue weighted by atomic mass is 10.1. The van der Waals surface area contributed by atoms with Gasteiger partial charge in [0.1, 0.15) is 24.2 Å². The smallest absolute Gasteiger partial charge is 0.135 e.